The zero-order valence-corrected chi connectivity index (χ0v) is 29.2. The predicted octanol–water partition coefficient (Wildman–Crippen LogP) is 5.99. The SMILES string of the molecule is Cc1cc(OC(=O)C[C@H](N)C(=O)Oc2ccc(NC(=O)C(CS)Cc3ccccc3)c(C)c2)ccc1NC(=O)C(CS)Cc1ccccc1. The zero-order valence-electron chi connectivity index (χ0n) is 27.4. The van der Waals surface area contributed by atoms with Crippen molar-refractivity contribution >= 4 is 60.4 Å². The third-order valence-electron chi connectivity index (χ3n) is 7.88. The number of hydrogen-bond acceptors (Lipinski definition) is 9. The average molecular weight is 700 g/mol. The maximum Gasteiger partial charge on any atom is 0.328 e. The van der Waals surface area contributed by atoms with E-state index in [1.54, 1.807) is 50.2 Å². The number of amides is 2. The number of thiol groups is 2. The summed E-state index contributed by atoms with van der Waals surface area (Å²) < 4.78 is 10.8. The highest BCUT2D eigenvalue weighted by molar-refractivity contribution is 7.80. The number of benzene rings is 4. The Morgan fingerprint density at radius 2 is 1.08 bits per heavy atom. The lowest BCUT2D eigenvalue weighted by Gasteiger charge is -2.17. The molecule has 3 atom stereocenters. The van der Waals surface area contributed by atoms with Crippen LogP contribution in [-0.2, 0) is 32.0 Å². The molecule has 256 valence electrons. The Kier molecular flexibility index (Phi) is 13.9. The van der Waals surface area contributed by atoms with Crippen LogP contribution in [0.1, 0.15) is 28.7 Å². The predicted molar refractivity (Wildman–Crippen MR) is 198 cm³/mol. The van der Waals surface area contributed by atoms with Crippen LogP contribution in [0.2, 0.25) is 0 Å². The molecule has 4 aromatic rings. The first-order valence-electron chi connectivity index (χ1n) is 15.9. The molecule has 0 radical (unpaired) electrons. The molecular weight excluding hydrogens is 659 g/mol. The highest BCUT2D eigenvalue weighted by atomic mass is 32.1. The fourth-order valence-electron chi connectivity index (χ4n) is 5.05. The third-order valence-corrected chi connectivity index (χ3v) is 8.76. The van der Waals surface area contributed by atoms with E-state index < -0.39 is 24.4 Å². The van der Waals surface area contributed by atoms with Gasteiger partial charge >= 0.3 is 11.9 Å². The lowest BCUT2D eigenvalue weighted by atomic mass is 10.00. The Balaban J connectivity index is 1.26. The van der Waals surface area contributed by atoms with Gasteiger partial charge in [-0.3, -0.25) is 14.4 Å². The van der Waals surface area contributed by atoms with E-state index in [-0.39, 0.29) is 35.1 Å². The summed E-state index contributed by atoms with van der Waals surface area (Å²) in [6.45, 7) is 3.56. The standard InChI is InChI=1S/C38H41N3O6S2/c1-24-17-30(13-15-33(24)40-36(43)28(22-48)19-26-9-5-3-6-10-26)46-35(42)21-32(39)38(45)47-31-14-16-34(25(2)18-31)41-37(44)29(23-49)20-27-11-7-4-8-12-27/h3-18,28-29,32,48-49H,19-23,39H2,1-2H3,(H,40,43)(H,41,44)/t28?,29?,32-/m0/s1. The number of hydrogen-bond donors (Lipinski definition) is 5. The van der Waals surface area contributed by atoms with Crippen LogP contribution in [0.4, 0.5) is 11.4 Å². The Labute approximate surface area is 297 Å². The van der Waals surface area contributed by atoms with E-state index in [0.29, 0.717) is 46.8 Å². The molecule has 0 saturated carbocycles. The summed E-state index contributed by atoms with van der Waals surface area (Å²) in [5, 5.41) is 5.86. The minimum Gasteiger partial charge on any atom is -0.426 e. The van der Waals surface area contributed by atoms with Crippen LogP contribution >= 0.6 is 25.3 Å². The molecule has 11 heteroatoms. The van der Waals surface area contributed by atoms with Crippen molar-refractivity contribution in [2.24, 2.45) is 17.6 Å². The summed E-state index contributed by atoms with van der Waals surface area (Å²) >= 11 is 8.73. The number of nitrogens with two attached hydrogens (primary N) is 1. The van der Waals surface area contributed by atoms with E-state index in [4.69, 9.17) is 15.2 Å². The molecule has 0 aliphatic heterocycles. The van der Waals surface area contributed by atoms with Crippen molar-refractivity contribution in [1.29, 1.82) is 0 Å². The first kappa shape index (κ1) is 37.2. The fourth-order valence-corrected chi connectivity index (χ4v) is 5.64. The number of nitrogens with one attached hydrogen (secondary N) is 2. The summed E-state index contributed by atoms with van der Waals surface area (Å²) in [6, 6.07) is 27.8. The first-order chi connectivity index (χ1) is 23.6. The van der Waals surface area contributed by atoms with Gasteiger partial charge in [-0.1, -0.05) is 60.7 Å². The summed E-state index contributed by atoms with van der Waals surface area (Å²) in [6.07, 6.45) is 0.698. The second kappa shape index (κ2) is 18.3. The van der Waals surface area contributed by atoms with Crippen LogP contribution in [0.25, 0.3) is 0 Å². The summed E-state index contributed by atoms with van der Waals surface area (Å²) in [5.74, 6) is -1.28. The highest BCUT2D eigenvalue weighted by Crippen LogP contribution is 2.25. The van der Waals surface area contributed by atoms with Crippen LogP contribution < -0.4 is 25.8 Å². The number of esters is 2. The molecule has 0 spiro atoms. The molecule has 4 N–H and O–H groups in total. The van der Waals surface area contributed by atoms with Crippen molar-refractivity contribution in [1.82, 2.24) is 0 Å². The van der Waals surface area contributed by atoms with E-state index in [9.17, 15) is 19.2 Å². The number of carbonyl (C=O) groups is 4. The number of ether oxygens (including phenoxy) is 2. The van der Waals surface area contributed by atoms with Crippen LogP contribution in [0.15, 0.2) is 97.1 Å². The minimum absolute atomic E-state index is 0.160. The fraction of sp³-hybridized carbons (Fsp3) is 0.263. The zero-order chi connectivity index (χ0) is 35.3. The molecule has 0 heterocycles. The Bertz CT molecular complexity index is 1750. The second-order valence-corrected chi connectivity index (χ2v) is 12.5. The lowest BCUT2D eigenvalue weighted by molar-refractivity contribution is -0.142. The summed E-state index contributed by atoms with van der Waals surface area (Å²) in [5.41, 5.74) is 10.6. The van der Waals surface area contributed by atoms with Crippen molar-refractivity contribution < 1.29 is 28.7 Å². The van der Waals surface area contributed by atoms with Gasteiger partial charge in [0, 0.05) is 22.9 Å². The van der Waals surface area contributed by atoms with Gasteiger partial charge in [0.1, 0.15) is 17.5 Å². The molecule has 0 saturated heterocycles. The van der Waals surface area contributed by atoms with Gasteiger partial charge in [0.25, 0.3) is 0 Å². The molecule has 0 aliphatic rings. The molecule has 0 bridgehead atoms. The van der Waals surface area contributed by atoms with E-state index in [0.717, 1.165) is 11.1 Å². The minimum atomic E-state index is -1.27. The molecule has 9 nitrogen and oxygen atoms in total. The van der Waals surface area contributed by atoms with Gasteiger partial charge < -0.3 is 25.8 Å². The Morgan fingerprint density at radius 1 is 0.653 bits per heavy atom. The number of anilines is 2. The number of rotatable bonds is 15. The largest absolute Gasteiger partial charge is 0.426 e. The molecule has 2 amide bonds. The van der Waals surface area contributed by atoms with Crippen molar-refractivity contribution in [2.45, 2.75) is 39.2 Å². The molecule has 4 rings (SSSR count). The van der Waals surface area contributed by atoms with Crippen molar-refractivity contribution in [3.63, 3.8) is 0 Å². The molecule has 2 unspecified atom stereocenters. The maximum absolute atomic E-state index is 12.9. The second-order valence-electron chi connectivity index (χ2n) is 11.8. The average Bonchev–Trinajstić information content (AvgIpc) is 3.09. The van der Waals surface area contributed by atoms with E-state index in [1.807, 2.05) is 60.7 Å². The van der Waals surface area contributed by atoms with Crippen molar-refractivity contribution in [3.05, 3.63) is 119 Å². The molecule has 0 fully saturated rings. The molecule has 0 aromatic heterocycles. The Morgan fingerprint density at radius 3 is 1.49 bits per heavy atom. The van der Waals surface area contributed by atoms with E-state index >= 15 is 0 Å². The topological polar surface area (TPSA) is 137 Å². The highest BCUT2D eigenvalue weighted by Gasteiger charge is 2.23. The quantitative estimate of drug-likeness (QED) is 0.0585. The van der Waals surface area contributed by atoms with Gasteiger partial charge in [-0.05, 0) is 85.3 Å². The van der Waals surface area contributed by atoms with Gasteiger partial charge in [0.2, 0.25) is 11.8 Å². The summed E-state index contributed by atoms with van der Waals surface area (Å²) in [7, 11) is 0. The first-order valence-corrected chi connectivity index (χ1v) is 17.1. The summed E-state index contributed by atoms with van der Waals surface area (Å²) in [4.78, 5) is 51.2. The molecular formula is C38H41N3O6S2. The van der Waals surface area contributed by atoms with Crippen LogP contribution in [0, 0.1) is 25.7 Å². The maximum atomic E-state index is 12.9. The van der Waals surface area contributed by atoms with Crippen LogP contribution in [0.3, 0.4) is 0 Å². The molecule has 0 aliphatic carbocycles. The van der Waals surface area contributed by atoms with Gasteiger partial charge in [-0.2, -0.15) is 25.3 Å². The van der Waals surface area contributed by atoms with Gasteiger partial charge in [0.15, 0.2) is 0 Å². The monoisotopic (exact) mass is 699 g/mol. The number of carbonyl (C=O) groups excluding carboxylic acids is 4. The Hall–Kier alpha value is -4.58. The molecule has 4 aromatic carbocycles. The third kappa shape index (κ3) is 11.2. The molecule has 49 heavy (non-hydrogen) atoms. The van der Waals surface area contributed by atoms with Crippen LogP contribution in [-0.4, -0.2) is 41.3 Å². The van der Waals surface area contributed by atoms with Gasteiger partial charge in [-0.15, -0.1) is 0 Å². The lowest BCUT2D eigenvalue weighted by Crippen LogP contribution is -2.37. The van der Waals surface area contributed by atoms with Crippen molar-refractivity contribution in [3.8, 4) is 11.5 Å². The van der Waals surface area contributed by atoms with E-state index in [1.165, 1.54) is 0 Å². The van der Waals surface area contributed by atoms with Crippen molar-refractivity contribution in [2.75, 3.05) is 22.1 Å². The van der Waals surface area contributed by atoms with E-state index in [2.05, 4.69) is 35.9 Å². The normalized spacial score (nSPS) is 12.7. The van der Waals surface area contributed by atoms with Gasteiger partial charge in [0.05, 0.1) is 18.3 Å². The van der Waals surface area contributed by atoms with Gasteiger partial charge in [-0.25, -0.2) is 4.79 Å². The smallest absolute Gasteiger partial charge is 0.328 e. The number of aryl methyl sites for hydroxylation is 2. The van der Waals surface area contributed by atoms with Crippen LogP contribution in [0.5, 0.6) is 11.5 Å².